The van der Waals surface area contributed by atoms with Gasteiger partial charge >= 0.3 is 0 Å². The van der Waals surface area contributed by atoms with Crippen molar-refractivity contribution >= 4 is 34.1 Å². The number of piperazine rings is 1. The number of aromatic amines is 1. The Bertz CT molecular complexity index is 926. The summed E-state index contributed by atoms with van der Waals surface area (Å²) < 4.78 is 0. The number of hydrogen-bond donors (Lipinski definition) is 1. The van der Waals surface area contributed by atoms with Crippen molar-refractivity contribution in [1.29, 1.82) is 0 Å². The van der Waals surface area contributed by atoms with Crippen LogP contribution in [0.5, 0.6) is 0 Å². The number of nitrogens with zero attached hydrogens (tertiary/aromatic N) is 2. The van der Waals surface area contributed by atoms with Crippen molar-refractivity contribution in [2.45, 2.75) is 6.92 Å². The molecule has 5 heteroatoms. The first-order valence-corrected chi connectivity index (χ1v) is 8.87. The van der Waals surface area contributed by atoms with Crippen LogP contribution in [0.1, 0.15) is 15.9 Å². The molecule has 1 saturated heterocycles. The molecule has 0 radical (unpaired) electrons. The maximum absolute atomic E-state index is 12.9. The van der Waals surface area contributed by atoms with Gasteiger partial charge in [-0.15, -0.1) is 0 Å². The van der Waals surface area contributed by atoms with E-state index >= 15 is 0 Å². The number of aryl methyl sites for hydroxylation is 1. The van der Waals surface area contributed by atoms with E-state index in [1.807, 2.05) is 23.1 Å². The molecule has 0 atom stereocenters. The molecule has 25 heavy (non-hydrogen) atoms. The van der Waals surface area contributed by atoms with Gasteiger partial charge in [-0.1, -0.05) is 23.7 Å². The van der Waals surface area contributed by atoms with Gasteiger partial charge in [-0.05, 0) is 42.8 Å². The first-order chi connectivity index (χ1) is 12.1. The SMILES string of the molecule is Cc1cccc(N2CCN(C(=O)c3c[nH]c4ccc(Cl)cc34)CC2)c1. The summed E-state index contributed by atoms with van der Waals surface area (Å²) in [6.07, 6.45) is 1.79. The quantitative estimate of drug-likeness (QED) is 0.753. The van der Waals surface area contributed by atoms with Gasteiger partial charge in [0.15, 0.2) is 0 Å². The van der Waals surface area contributed by atoms with Gasteiger partial charge in [-0.25, -0.2) is 0 Å². The number of nitrogens with one attached hydrogen (secondary N) is 1. The number of benzene rings is 2. The van der Waals surface area contributed by atoms with Gasteiger partial charge in [-0.3, -0.25) is 4.79 Å². The second-order valence-corrected chi connectivity index (χ2v) is 6.95. The summed E-state index contributed by atoms with van der Waals surface area (Å²) in [5.41, 5.74) is 4.12. The number of H-pyrrole nitrogens is 1. The molecule has 1 aliphatic heterocycles. The highest BCUT2D eigenvalue weighted by Gasteiger charge is 2.24. The van der Waals surface area contributed by atoms with Crippen LogP contribution in [0.3, 0.4) is 0 Å². The topological polar surface area (TPSA) is 39.3 Å². The molecular formula is C20H20ClN3O. The minimum absolute atomic E-state index is 0.0670. The highest BCUT2D eigenvalue weighted by Crippen LogP contribution is 2.24. The predicted molar refractivity (Wildman–Crippen MR) is 103 cm³/mol. The van der Waals surface area contributed by atoms with E-state index in [2.05, 4.69) is 41.1 Å². The van der Waals surface area contributed by atoms with Gasteiger partial charge in [-0.2, -0.15) is 0 Å². The summed E-state index contributed by atoms with van der Waals surface area (Å²) in [6, 6.07) is 14.1. The molecule has 0 spiro atoms. The van der Waals surface area contributed by atoms with Crippen LogP contribution < -0.4 is 4.90 Å². The second kappa shape index (κ2) is 6.45. The van der Waals surface area contributed by atoms with E-state index in [9.17, 15) is 4.79 Å². The van der Waals surface area contributed by atoms with Gasteiger partial charge < -0.3 is 14.8 Å². The molecule has 0 aliphatic carbocycles. The lowest BCUT2D eigenvalue weighted by atomic mass is 10.1. The summed E-state index contributed by atoms with van der Waals surface area (Å²) in [5.74, 6) is 0.0670. The maximum atomic E-state index is 12.9. The van der Waals surface area contributed by atoms with Crippen molar-refractivity contribution in [3.63, 3.8) is 0 Å². The first-order valence-electron chi connectivity index (χ1n) is 8.49. The Morgan fingerprint density at radius 3 is 2.64 bits per heavy atom. The Labute approximate surface area is 152 Å². The number of carbonyl (C=O) groups excluding carboxylic acids is 1. The van der Waals surface area contributed by atoms with Crippen LogP contribution in [0.15, 0.2) is 48.7 Å². The Morgan fingerprint density at radius 2 is 1.88 bits per heavy atom. The van der Waals surface area contributed by atoms with E-state index in [4.69, 9.17) is 11.6 Å². The number of hydrogen-bond acceptors (Lipinski definition) is 2. The molecular weight excluding hydrogens is 334 g/mol. The van der Waals surface area contributed by atoms with Gasteiger partial charge in [0.05, 0.1) is 5.56 Å². The molecule has 0 bridgehead atoms. The minimum Gasteiger partial charge on any atom is -0.368 e. The summed E-state index contributed by atoms with van der Waals surface area (Å²) in [5, 5.41) is 1.53. The zero-order valence-corrected chi connectivity index (χ0v) is 14.9. The van der Waals surface area contributed by atoms with E-state index in [0.717, 1.165) is 37.1 Å². The number of anilines is 1. The lowest BCUT2D eigenvalue weighted by molar-refractivity contribution is 0.0749. The number of aromatic nitrogens is 1. The summed E-state index contributed by atoms with van der Waals surface area (Å²) in [7, 11) is 0. The molecule has 4 rings (SSSR count). The van der Waals surface area contributed by atoms with Gasteiger partial charge in [0.2, 0.25) is 0 Å². The molecule has 1 fully saturated rings. The molecule has 128 valence electrons. The van der Waals surface area contributed by atoms with Crippen LogP contribution in [0.2, 0.25) is 5.02 Å². The lowest BCUT2D eigenvalue weighted by Gasteiger charge is -2.36. The summed E-state index contributed by atoms with van der Waals surface area (Å²) >= 11 is 6.09. The lowest BCUT2D eigenvalue weighted by Crippen LogP contribution is -2.48. The largest absolute Gasteiger partial charge is 0.368 e. The van der Waals surface area contributed by atoms with Gasteiger partial charge in [0, 0.05) is 54.0 Å². The molecule has 3 aromatic rings. The Kier molecular flexibility index (Phi) is 4.14. The van der Waals surface area contributed by atoms with Crippen LogP contribution in [-0.4, -0.2) is 42.0 Å². The molecule has 0 unspecified atom stereocenters. The fourth-order valence-corrected chi connectivity index (χ4v) is 3.60. The number of amides is 1. The molecule has 1 amide bonds. The third kappa shape index (κ3) is 3.10. The van der Waals surface area contributed by atoms with Gasteiger partial charge in [0.1, 0.15) is 0 Å². The molecule has 0 saturated carbocycles. The highest BCUT2D eigenvalue weighted by atomic mass is 35.5. The summed E-state index contributed by atoms with van der Waals surface area (Å²) in [4.78, 5) is 20.3. The Morgan fingerprint density at radius 1 is 1.08 bits per heavy atom. The van der Waals surface area contributed by atoms with E-state index in [1.54, 1.807) is 6.20 Å². The monoisotopic (exact) mass is 353 g/mol. The molecule has 1 aliphatic rings. The zero-order valence-electron chi connectivity index (χ0n) is 14.1. The Balaban J connectivity index is 1.50. The fraction of sp³-hybridized carbons (Fsp3) is 0.250. The van der Waals surface area contributed by atoms with Crippen molar-refractivity contribution in [2.24, 2.45) is 0 Å². The van der Waals surface area contributed by atoms with Crippen LogP contribution in [0, 0.1) is 6.92 Å². The maximum Gasteiger partial charge on any atom is 0.256 e. The van der Waals surface area contributed by atoms with Crippen molar-refractivity contribution < 1.29 is 4.79 Å². The first kappa shape index (κ1) is 16.0. The van der Waals surface area contributed by atoms with Gasteiger partial charge in [0.25, 0.3) is 5.91 Å². The van der Waals surface area contributed by atoms with Crippen molar-refractivity contribution in [3.8, 4) is 0 Å². The van der Waals surface area contributed by atoms with Crippen LogP contribution in [-0.2, 0) is 0 Å². The fourth-order valence-electron chi connectivity index (χ4n) is 3.43. The number of rotatable bonds is 2. The third-order valence-electron chi connectivity index (χ3n) is 4.81. The van der Waals surface area contributed by atoms with Crippen molar-refractivity contribution in [2.75, 3.05) is 31.1 Å². The minimum atomic E-state index is 0.0670. The molecule has 4 nitrogen and oxygen atoms in total. The van der Waals surface area contributed by atoms with Crippen molar-refractivity contribution in [3.05, 3.63) is 64.8 Å². The number of fused-ring (bicyclic) bond motifs is 1. The molecule has 2 heterocycles. The van der Waals surface area contributed by atoms with E-state index in [-0.39, 0.29) is 5.91 Å². The van der Waals surface area contributed by atoms with E-state index in [1.165, 1.54) is 11.3 Å². The zero-order chi connectivity index (χ0) is 17.4. The smallest absolute Gasteiger partial charge is 0.256 e. The average Bonchev–Trinajstić information content (AvgIpc) is 3.04. The second-order valence-electron chi connectivity index (χ2n) is 6.51. The summed E-state index contributed by atoms with van der Waals surface area (Å²) in [6.45, 7) is 5.24. The highest BCUT2D eigenvalue weighted by molar-refractivity contribution is 6.31. The Hall–Kier alpha value is -2.46. The van der Waals surface area contributed by atoms with Crippen LogP contribution >= 0.6 is 11.6 Å². The standard InChI is InChI=1S/C20H20ClN3O/c1-14-3-2-4-16(11-14)23-7-9-24(10-8-23)20(25)18-13-22-19-6-5-15(21)12-17(18)19/h2-6,11-13,22H,7-10H2,1H3. The third-order valence-corrected chi connectivity index (χ3v) is 5.04. The predicted octanol–water partition coefficient (Wildman–Crippen LogP) is 4.09. The average molecular weight is 354 g/mol. The normalized spacial score (nSPS) is 15.0. The number of carbonyl (C=O) groups is 1. The molecule has 2 aromatic carbocycles. The molecule has 1 aromatic heterocycles. The van der Waals surface area contributed by atoms with Crippen LogP contribution in [0.25, 0.3) is 10.9 Å². The van der Waals surface area contributed by atoms with Crippen LogP contribution in [0.4, 0.5) is 5.69 Å². The van der Waals surface area contributed by atoms with Crippen molar-refractivity contribution in [1.82, 2.24) is 9.88 Å². The number of halogens is 1. The van der Waals surface area contributed by atoms with E-state index in [0.29, 0.717) is 10.6 Å². The molecule has 1 N–H and O–H groups in total. The van der Waals surface area contributed by atoms with E-state index < -0.39 is 0 Å².